The van der Waals surface area contributed by atoms with Crippen molar-refractivity contribution in [3.63, 3.8) is 0 Å². The Morgan fingerprint density at radius 3 is 2.71 bits per heavy atom. The predicted octanol–water partition coefficient (Wildman–Crippen LogP) is 5.68. The molecular weight excluding hydrogens is 274 g/mol. The van der Waals surface area contributed by atoms with E-state index in [1.54, 1.807) is 0 Å². The van der Waals surface area contributed by atoms with Crippen LogP contribution in [0.4, 0.5) is 0 Å². The monoisotopic (exact) mass is 289 g/mol. The number of pyridine rings is 1. The van der Waals surface area contributed by atoms with Gasteiger partial charge in [0.2, 0.25) is 0 Å². The van der Waals surface area contributed by atoms with E-state index in [0.717, 1.165) is 12.1 Å². The van der Waals surface area contributed by atoms with Gasteiger partial charge >= 0.3 is 0 Å². The zero-order valence-electron chi connectivity index (χ0n) is 11.8. The topological polar surface area (TPSA) is 12.9 Å². The highest BCUT2D eigenvalue weighted by Crippen LogP contribution is 2.39. The highest BCUT2D eigenvalue weighted by molar-refractivity contribution is 7.26. The van der Waals surface area contributed by atoms with E-state index in [2.05, 4.69) is 66.5 Å². The number of benzene rings is 2. The molecule has 0 N–H and O–H groups in total. The predicted molar refractivity (Wildman–Crippen MR) is 91.9 cm³/mol. The zero-order chi connectivity index (χ0) is 14.2. The van der Waals surface area contributed by atoms with Gasteiger partial charge in [-0.1, -0.05) is 43.3 Å². The summed E-state index contributed by atoms with van der Waals surface area (Å²) in [6.45, 7) is 2.18. The van der Waals surface area contributed by atoms with Crippen molar-refractivity contribution in [2.45, 2.75) is 13.3 Å². The summed E-state index contributed by atoms with van der Waals surface area (Å²) in [5.41, 5.74) is 3.65. The van der Waals surface area contributed by atoms with Gasteiger partial charge in [0, 0.05) is 31.9 Å². The van der Waals surface area contributed by atoms with E-state index in [1.807, 2.05) is 17.5 Å². The van der Waals surface area contributed by atoms with Crippen molar-refractivity contribution in [1.82, 2.24) is 4.98 Å². The Balaban J connectivity index is 2.04. The summed E-state index contributed by atoms with van der Waals surface area (Å²) in [7, 11) is 0. The number of rotatable bonds is 2. The van der Waals surface area contributed by atoms with Gasteiger partial charge in [-0.05, 0) is 30.2 Å². The van der Waals surface area contributed by atoms with Crippen LogP contribution in [0.1, 0.15) is 12.5 Å². The van der Waals surface area contributed by atoms with E-state index in [-0.39, 0.29) is 0 Å². The van der Waals surface area contributed by atoms with Crippen LogP contribution in [0, 0.1) is 0 Å². The minimum absolute atomic E-state index is 1.04. The fourth-order valence-electron chi connectivity index (χ4n) is 2.79. The molecule has 0 spiro atoms. The Hall–Kier alpha value is -2.19. The second kappa shape index (κ2) is 4.97. The molecule has 0 aliphatic heterocycles. The van der Waals surface area contributed by atoms with Gasteiger partial charge in [0.25, 0.3) is 0 Å². The summed E-state index contributed by atoms with van der Waals surface area (Å²) in [4.78, 5) is 4.58. The Morgan fingerprint density at radius 2 is 1.81 bits per heavy atom. The van der Waals surface area contributed by atoms with Crippen molar-refractivity contribution < 1.29 is 0 Å². The fourth-order valence-corrected chi connectivity index (χ4v) is 4.02. The lowest BCUT2D eigenvalue weighted by Gasteiger charge is -2.04. The molecule has 2 heteroatoms. The van der Waals surface area contributed by atoms with E-state index < -0.39 is 0 Å². The van der Waals surface area contributed by atoms with Crippen LogP contribution < -0.4 is 0 Å². The molecule has 0 aliphatic carbocycles. The second-order valence-corrected chi connectivity index (χ2v) is 6.24. The van der Waals surface area contributed by atoms with Gasteiger partial charge in [0.1, 0.15) is 0 Å². The number of hydrogen-bond donors (Lipinski definition) is 0. The minimum Gasteiger partial charge on any atom is -0.256 e. The lowest BCUT2D eigenvalue weighted by molar-refractivity contribution is 1.12. The lowest BCUT2D eigenvalue weighted by atomic mass is 10.0. The Kier molecular flexibility index (Phi) is 2.97. The average molecular weight is 289 g/mol. The molecule has 0 saturated carbocycles. The van der Waals surface area contributed by atoms with Crippen LogP contribution in [0.2, 0.25) is 0 Å². The summed E-state index contributed by atoms with van der Waals surface area (Å²) in [5.74, 6) is 0. The quantitative estimate of drug-likeness (QED) is 0.462. The van der Waals surface area contributed by atoms with E-state index in [1.165, 1.54) is 31.3 Å². The molecule has 0 saturated heterocycles. The summed E-state index contributed by atoms with van der Waals surface area (Å²) in [6.07, 6.45) is 2.96. The smallest absolute Gasteiger partial charge is 0.0719 e. The number of aromatic nitrogens is 1. The van der Waals surface area contributed by atoms with Crippen molar-refractivity contribution >= 4 is 31.5 Å². The standard InChI is InChI=1S/C19H15NS/c1-2-13-10-11-20-17(12-13)16-8-5-7-15-14-6-3-4-9-18(14)21-19(15)16/h3-12H,2H2,1H3. The molecule has 0 amide bonds. The van der Waals surface area contributed by atoms with Gasteiger partial charge in [-0.3, -0.25) is 4.98 Å². The molecule has 0 aliphatic rings. The van der Waals surface area contributed by atoms with Crippen LogP contribution in [0.25, 0.3) is 31.4 Å². The number of fused-ring (bicyclic) bond motifs is 3. The molecule has 0 atom stereocenters. The van der Waals surface area contributed by atoms with Gasteiger partial charge in [0.05, 0.1) is 5.69 Å². The maximum atomic E-state index is 4.58. The first-order valence-corrected chi connectivity index (χ1v) is 8.04. The number of thiophene rings is 1. The Bertz CT molecular complexity index is 937. The van der Waals surface area contributed by atoms with Crippen molar-refractivity contribution in [2.24, 2.45) is 0 Å². The fraction of sp³-hybridized carbons (Fsp3) is 0.105. The van der Waals surface area contributed by atoms with Crippen LogP contribution in [-0.4, -0.2) is 4.98 Å². The maximum absolute atomic E-state index is 4.58. The van der Waals surface area contributed by atoms with Gasteiger partial charge in [-0.25, -0.2) is 0 Å². The Labute approximate surface area is 127 Å². The first kappa shape index (κ1) is 12.5. The third-order valence-electron chi connectivity index (χ3n) is 3.91. The SMILES string of the molecule is CCc1ccnc(-c2cccc3c2sc2ccccc23)c1. The molecule has 0 fully saturated rings. The maximum Gasteiger partial charge on any atom is 0.0719 e. The molecule has 0 unspecified atom stereocenters. The molecule has 2 aromatic heterocycles. The average Bonchev–Trinajstić information content (AvgIpc) is 2.93. The zero-order valence-corrected chi connectivity index (χ0v) is 12.7. The molecule has 2 heterocycles. The lowest BCUT2D eigenvalue weighted by Crippen LogP contribution is -1.87. The van der Waals surface area contributed by atoms with Gasteiger partial charge < -0.3 is 0 Å². The van der Waals surface area contributed by atoms with Crippen LogP contribution in [0.15, 0.2) is 60.8 Å². The van der Waals surface area contributed by atoms with E-state index in [9.17, 15) is 0 Å². The second-order valence-electron chi connectivity index (χ2n) is 5.18. The van der Waals surface area contributed by atoms with Crippen LogP contribution >= 0.6 is 11.3 Å². The summed E-state index contributed by atoms with van der Waals surface area (Å²) in [5, 5.41) is 2.67. The highest BCUT2D eigenvalue weighted by Gasteiger charge is 2.10. The van der Waals surface area contributed by atoms with Crippen LogP contribution in [-0.2, 0) is 6.42 Å². The summed E-state index contributed by atoms with van der Waals surface area (Å²) in [6, 6.07) is 19.4. The first-order chi connectivity index (χ1) is 10.4. The third-order valence-corrected chi connectivity index (χ3v) is 5.13. The highest BCUT2D eigenvalue weighted by atomic mass is 32.1. The van der Waals surface area contributed by atoms with Crippen LogP contribution in [0.3, 0.4) is 0 Å². The van der Waals surface area contributed by atoms with Crippen molar-refractivity contribution in [3.8, 4) is 11.3 Å². The molecule has 1 nitrogen and oxygen atoms in total. The van der Waals surface area contributed by atoms with Gasteiger partial charge in [-0.2, -0.15) is 0 Å². The summed E-state index contributed by atoms with van der Waals surface area (Å²) >= 11 is 1.86. The molecule has 0 bridgehead atoms. The number of nitrogens with zero attached hydrogens (tertiary/aromatic N) is 1. The van der Waals surface area contributed by atoms with Crippen molar-refractivity contribution in [3.05, 3.63) is 66.4 Å². The first-order valence-electron chi connectivity index (χ1n) is 7.22. The number of hydrogen-bond acceptors (Lipinski definition) is 2. The molecular formula is C19H15NS. The third kappa shape index (κ3) is 2.03. The minimum atomic E-state index is 1.04. The van der Waals surface area contributed by atoms with Crippen LogP contribution in [0.5, 0.6) is 0 Å². The number of aryl methyl sites for hydroxylation is 1. The van der Waals surface area contributed by atoms with Gasteiger partial charge in [-0.15, -0.1) is 11.3 Å². The molecule has 4 rings (SSSR count). The van der Waals surface area contributed by atoms with E-state index >= 15 is 0 Å². The molecule has 4 aromatic rings. The normalized spacial score (nSPS) is 11.3. The Morgan fingerprint density at radius 1 is 0.952 bits per heavy atom. The van der Waals surface area contributed by atoms with E-state index in [0.29, 0.717) is 0 Å². The largest absolute Gasteiger partial charge is 0.256 e. The summed E-state index contributed by atoms with van der Waals surface area (Å²) < 4.78 is 2.67. The molecule has 21 heavy (non-hydrogen) atoms. The molecule has 0 radical (unpaired) electrons. The van der Waals surface area contributed by atoms with Crippen molar-refractivity contribution in [2.75, 3.05) is 0 Å². The van der Waals surface area contributed by atoms with Crippen molar-refractivity contribution in [1.29, 1.82) is 0 Å². The van der Waals surface area contributed by atoms with E-state index in [4.69, 9.17) is 0 Å². The molecule has 102 valence electrons. The van der Waals surface area contributed by atoms with Gasteiger partial charge in [0.15, 0.2) is 0 Å². The molecule has 2 aromatic carbocycles.